The Morgan fingerprint density at radius 3 is 2.39 bits per heavy atom. The molecule has 0 radical (unpaired) electrons. The van der Waals surface area contributed by atoms with Crippen LogP contribution < -0.4 is 4.90 Å². The van der Waals surface area contributed by atoms with Gasteiger partial charge in [0, 0.05) is 18.7 Å². The molecular weight excluding hydrogens is 222 g/mol. The standard InChI is InChI=1S/C16H23NO/c1-13(14-9-5-3-6-10-14)16(18)17(2)15-11-7-4-8-12-15/h4,7-8,11-14H,3,5-6,9-10H2,1-2H3. The molecule has 0 aliphatic heterocycles. The highest BCUT2D eigenvalue weighted by Crippen LogP contribution is 2.31. The number of nitrogens with zero attached hydrogens (tertiary/aromatic N) is 1. The van der Waals surface area contributed by atoms with Crippen LogP contribution in [0.15, 0.2) is 30.3 Å². The molecule has 1 atom stereocenters. The normalized spacial score (nSPS) is 18.3. The van der Waals surface area contributed by atoms with Gasteiger partial charge in [-0.05, 0) is 30.9 Å². The van der Waals surface area contributed by atoms with Gasteiger partial charge in [0.25, 0.3) is 0 Å². The molecule has 1 saturated carbocycles. The zero-order valence-electron chi connectivity index (χ0n) is 11.4. The topological polar surface area (TPSA) is 20.3 Å². The summed E-state index contributed by atoms with van der Waals surface area (Å²) in [4.78, 5) is 14.3. The van der Waals surface area contributed by atoms with Crippen LogP contribution in [0.4, 0.5) is 5.69 Å². The van der Waals surface area contributed by atoms with E-state index < -0.39 is 0 Å². The fourth-order valence-corrected chi connectivity index (χ4v) is 2.92. The van der Waals surface area contributed by atoms with Gasteiger partial charge in [0.05, 0.1) is 0 Å². The number of anilines is 1. The van der Waals surface area contributed by atoms with Crippen LogP contribution >= 0.6 is 0 Å². The zero-order valence-corrected chi connectivity index (χ0v) is 11.4. The first-order valence-electron chi connectivity index (χ1n) is 7.03. The summed E-state index contributed by atoms with van der Waals surface area (Å²) in [6, 6.07) is 9.91. The van der Waals surface area contributed by atoms with Gasteiger partial charge in [-0.2, -0.15) is 0 Å². The number of carbonyl (C=O) groups is 1. The molecule has 2 heteroatoms. The molecule has 0 saturated heterocycles. The van der Waals surface area contributed by atoms with E-state index in [-0.39, 0.29) is 11.8 Å². The van der Waals surface area contributed by atoms with Gasteiger partial charge in [-0.25, -0.2) is 0 Å². The minimum atomic E-state index is 0.149. The average Bonchev–Trinajstić information content (AvgIpc) is 2.47. The van der Waals surface area contributed by atoms with Crippen molar-refractivity contribution in [1.82, 2.24) is 0 Å². The zero-order chi connectivity index (χ0) is 13.0. The van der Waals surface area contributed by atoms with Crippen molar-refractivity contribution in [3.63, 3.8) is 0 Å². The van der Waals surface area contributed by atoms with E-state index in [0.717, 1.165) is 5.69 Å². The van der Waals surface area contributed by atoms with Gasteiger partial charge < -0.3 is 4.90 Å². The first kappa shape index (κ1) is 13.1. The van der Waals surface area contributed by atoms with Gasteiger partial charge in [0.1, 0.15) is 0 Å². The number of carbonyl (C=O) groups excluding carboxylic acids is 1. The van der Waals surface area contributed by atoms with Crippen molar-refractivity contribution < 1.29 is 4.79 Å². The Kier molecular flexibility index (Phi) is 4.40. The lowest BCUT2D eigenvalue weighted by atomic mass is 9.80. The van der Waals surface area contributed by atoms with Gasteiger partial charge in [-0.3, -0.25) is 4.79 Å². The molecule has 0 heterocycles. The van der Waals surface area contributed by atoms with Crippen LogP contribution in [-0.2, 0) is 4.79 Å². The molecule has 18 heavy (non-hydrogen) atoms. The van der Waals surface area contributed by atoms with Crippen molar-refractivity contribution >= 4 is 11.6 Å². The number of hydrogen-bond acceptors (Lipinski definition) is 1. The fraction of sp³-hybridized carbons (Fsp3) is 0.562. The highest BCUT2D eigenvalue weighted by Gasteiger charge is 2.27. The second-order valence-electron chi connectivity index (χ2n) is 5.42. The quantitative estimate of drug-likeness (QED) is 0.791. The summed E-state index contributed by atoms with van der Waals surface area (Å²) in [5, 5.41) is 0. The molecule has 1 amide bonds. The molecule has 1 unspecified atom stereocenters. The minimum absolute atomic E-state index is 0.149. The molecule has 1 aliphatic carbocycles. The summed E-state index contributed by atoms with van der Waals surface area (Å²) < 4.78 is 0. The molecule has 1 aliphatic rings. The lowest BCUT2D eigenvalue weighted by molar-refractivity contribution is -0.123. The highest BCUT2D eigenvalue weighted by molar-refractivity contribution is 5.94. The largest absolute Gasteiger partial charge is 0.315 e. The van der Waals surface area contributed by atoms with E-state index in [1.807, 2.05) is 37.4 Å². The van der Waals surface area contributed by atoms with Crippen LogP contribution in [0.1, 0.15) is 39.0 Å². The van der Waals surface area contributed by atoms with Crippen molar-refractivity contribution in [2.24, 2.45) is 11.8 Å². The van der Waals surface area contributed by atoms with Gasteiger partial charge in [0.15, 0.2) is 0 Å². The van der Waals surface area contributed by atoms with Crippen LogP contribution in [0.3, 0.4) is 0 Å². The van der Waals surface area contributed by atoms with Crippen LogP contribution in [0.25, 0.3) is 0 Å². The summed E-state index contributed by atoms with van der Waals surface area (Å²) in [5.74, 6) is 0.987. The summed E-state index contributed by atoms with van der Waals surface area (Å²) >= 11 is 0. The Labute approximate surface area is 110 Å². The third-order valence-electron chi connectivity index (χ3n) is 4.22. The lowest BCUT2D eigenvalue weighted by Crippen LogP contribution is -2.35. The first-order valence-corrected chi connectivity index (χ1v) is 7.03. The van der Waals surface area contributed by atoms with Crippen molar-refractivity contribution in [3.05, 3.63) is 30.3 Å². The van der Waals surface area contributed by atoms with Gasteiger partial charge in [-0.1, -0.05) is 44.4 Å². The number of benzene rings is 1. The Morgan fingerprint density at radius 1 is 1.17 bits per heavy atom. The second kappa shape index (κ2) is 6.03. The monoisotopic (exact) mass is 245 g/mol. The van der Waals surface area contributed by atoms with Crippen LogP contribution in [-0.4, -0.2) is 13.0 Å². The SMILES string of the molecule is CC(C(=O)N(C)c1ccccc1)C1CCCCC1. The minimum Gasteiger partial charge on any atom is -0.315 e. The van der Waals surface area contributed by atoms with E-state index in [1.54, 1.807) is 4.90 Å². The summed E-state index contributed by atoms with van der Waals surface area (Å²) in [6.07, 6.45) is 6.35. The molecule has 1 fully saturated rings. The van der Waals surface area contributed by atoms with Crippen LogP contribution in [0, 0.1) is 11.8 Å². The van der Waals surface area contributed by atoms with Crippen molar-refractivity contribution in [3.8, 4) is 0 Å². The number of hydrogen-bond donors (Lipinski definition) is 0. The maximum Gasteiger partial charge on any atom is 0.229 e. The molecular formula is C16H23NO. The molecule has 1 aromatic carbocycles. The molecule has 0 N–H and O–H groups in total. The van der Waals surface area contributed by atoms with Gasteiger partial charge in [0.2, 0.25) is 5.91 Å². The maximum absolute atomic E-state index is 12.5. The predicted molar refractivity (Wildman–Crippen MR) is 75.6 cm³/mol. The Morgan fingerprint density at radius 2 is 1.78 bits per heavy atom. The molecule has 0 aromatic heterocycles. The molecule has 2 nitrogen and oxygen atoms in total. The van der Waals surface area contributed by atoms with Crippen molar-refractivity contribution in [1.29, 1.82) is 0 Å². The molecule has 0 spiro atoms. The summed E-state index contributed by atoms with van der Waals surface area (Å²) in [5.41, 5.74) is 0.991. The number of amides is 1. The van der Waals surface area contributed by atoms with E-state index in [4.69, 9.17) is 0 Å². The molecule has 98 valence electrons. The van der Waals surface area contributed by atoms with E-state index in [1.165, 1.54) is 32.1 Å². The lowest BCUT2D eigenvalue weighted by Gasteiger charge is -2.30. The van der Waals surface area contributed by atoms with Gasteiger partial charge >= 0.3 is 0 Å². The first-order chi connectivity index (χ1) is 8.70. The smallest absolute Gasteiger partial charge is 0.229 e. The Bertz CT molecular complexity index is 381. The maximum atomic E-state index is 12.5. The van der Waals surface area contributed by atoms with Crippen LogP contribution in [0.2, 0.25) is 0 Å². The molecule has 0 bridgehead atoms. The van der Waals surface area contributed by atoms with E-state index in [0.29, 0.717) is 5.92 Å². The average molecular weight is 245 g/mol. The molecule has 2 rings (SSSR count). The summed E-state index contributed by atoms with van der Waals surface area (Å²) in [7, 11) is 1.89. The van der Waals surface area contributed by atoms with Crippen molar-refractivity contribution in [2.45, 2.75) is 39.0 Å². The predicted octanol–water partition coefficient (Wildman–Crippen LogP) is 3.87. The third kappa shape index (κ3) is 2.92. The Balaban J connectivity index is 2.01. The van der Waals surface area contributed by atoms with Crippen LogP contribution in [0.5, 0.6) is 0 Å². The number of rotatable bonds is 3. The van der Waals surface area contributed by atoms with E-state index in [9.17, 15) is 4.79 Å². The van der Waals surface area contributed by atoms with Crippen molar-refractivity contribution in [2.75, 3.05) is 11.9 Å². The van der Waals surface area contributed by atoms with E-state index in [2.05, 4.69) is 6.92 Å². The number of para-hydroxylation sites is 1. The van der Waals surface area contributed by atoms with E-state index >= 15 is 0 Å². The fourth-order valence-electron chi connectivity index (χ4n) is 2.92. The highest BCUT2D eigenvalue weighted by atomic mass is 16.2. The third-order valence-corrected chi connectivity index (χ3v) is 4.22. The van der Waals surface area contributed by atoms with Gasteiger partial charge in [-0.15, -0.1) is 0 Å². The molecule has 1 aromatic rings. The summed E-state index contributed by atoms with van der Waals surface area (Å²) in [6.45, 7) is 2.10. The second-order valence-corrected chi connectivity index (χ2v) is 5.42. The Hall–Kier alpha value is -1.31.